The van der Waals surface area contributed by atoms with Gasteiger partial charge >= 0.3 is 18.1 Å². The Labute approximate surface area is 141 Å². The first kappa shape index (κ1) is 20.2. The molecule has 0 spiro atoms. The lowest BCUT2D eigenvalue weighted by Crippen LogP contribution is -2.34. The number of nitriles is 1. The van der Waals surface area contributed by atoms with Crippen LogP contribution in [0.3, 0.4) is 0 Å². The third kappa shape index (κ3) is 7.07. The van der Waals surface area contributed by atoms with Crippen molar-refractivity contribution in [2.45, 2.75) is 25.4 Å². The van der Waals surface area contributed by atoms with Gasteiger partial charge < -0.3 is 15.1 Å². The van der Waals surface area contributed by atoms with Gasteiger partial charge in [-0.1, -0.05) is 0 Å². The Morgan fingerprint density at radius 3 is 2.32 bits per heavy atom. The maximum atomic E-state index is 10.6. The minimum atomic E-state index is -5.08. The van der Waals surface area contributed by atoms with E-state index in [1.54, 1.807) is 18.3 Å². The second kappa shape index (κ2) is 8.86. The molecule has 1 fully saturated rings. The van der Waals surface area contributed by atoms with E-state index >= 15 is 0 Å². The Morgan fingerprint density at radius 2 is 1.88 bits per heavy atom. The van der Waals surface area contributed by atoms with Crippen LogP contribution < -0.4 is 4.90 Å². The molecule has 10 heteroatoms. The van der Waals surface area contributed by atoms with Gasteiger partial charge in [0.25, 0.3) is 0 Å². The van der Waals surface area contributed by atoms with Gasteiger partial charge in [-0.3, -0.25) is 4.79 Å². The first-order valence-electron chi connectivity index (χ1n) is 7.26. The standard InChI is InChI=1S/C13H15N3O2.C2HF3O2/c14-9-11-1-4-15-12(7-11)16-5-2-10(3-6-16)8-13(17)18;3-2(4,5)1(6)7/h1,4,7,10H,2-3,5-6,8H2,(H,17,18);(H,6,7). The van der Waals surface area contributed by atoms with Crippen LogP contribution in [0.4, 0.5) is 19.0 Å². The summed E-state index contributed by atoms with van der Waals surface area (Å²) in [4.78, 5) is 25.9. The van der Waals surface area contributed by atoms with Crippen molar-refractivity contribution in [1.29, 1.82) is 5.26 Å². The van der Waals surface area contributed by atoms with Gasteiger partial charge in [0.15, 0.2) is 0 Å². The molecule has 0 unspecified atom stereocenters. The van der Waals surface area contributed by atoms with Crippen molar-refractivity contribution < 1.29 is 33.0 Å². The molecule has 1 saturated heterocycles. The summed E-state index contributed by atoms with van der Waals surface area (Å²) in [5.41, 5.74) is 0.604. The number of carboxylic acids is 2. The topological polar surface area (TPSA) is 115 Å². The van der Waals surface area contributed by atoms with Crippen molar-refractivity contribution in [3.05, 3.63) is 23.9 Å². The highest BCUT2D eigenvalue weighted by Gasteiger charge is 2.38. The normalized spacial score (nSPS) is 14.9. The number of rotatable bonds is 3. The predicted octanol–water partition coefficient (Wildman–Crippen LogP) is 2.28. The molecule has 1 aliphatic heterocycles. The van der Waals surface area contributed by atoms with Crippen LogP contribution in [-0.4, -0.2) is 46.4 Å². The van der Waals surface area contributed by atoms with Gasteiger partial charge in [-0.05, 0) is 30.9 Å². The van der Waals surface area contributed by atoms with Gasteiger partial charge in [-0.25, -0.2) is 9.78 Å². The number of carbonyl (C=O) groups is 2. The highest BCUT2D eigenvalue weighted by atomic mass is 19.4. The summed E-state index contributed by atoms with van der Waals surface area (Å²) >= 11 is 0. The van der Waals surface area contributed by atoms with E-state index in [0.717, 1.165) is 31.7 Å². The average Bonchev–Trinajstić information content (AvgIpc) is 2.55. The van der Waals surface area contributed by atoms with E-state index < -0.39 is 18.1 Å². The number of halogens is 3. The summed E-state index contributed by atoms with van der Waals surface area (Å²) in [6.45, 7) is 1.61. The van der Waals surface area contributed by atoms with Crippen LogP contribution in [0.1, 0.15) is 24.8 Å². The number of hydrogen-bond donors (Lipinski definition) is 2. The molecule has 0 amide bonds. The molecule has 0 radical (unpaired) electrons. The molecule has 1 aliphatic rings. The third-order valence-electron chi connectivity index (χ3n) is 3.52. The van der Waals surface area contributed by atoms with Gasteiger partial charge in [0.2, 0.25) is 0 Å². The minimum absolute atomic E-state index is 0.250. The number of piperidine rings is 1. The van der Waals surface area contributed by atoms with Gasteiger partial charge in [0, 0.05) is 25.7 Å². The van der Waals surface area contributed by atoms with Gasteiger partial charge in [0.1, 0.15) is 5.82 Å². The van der Waals surface area contributed by atoms with E-state index in [4.69, 9.17) is 20.3 Å². The summed E-state index contributed by atoms with van der Waals surface area (Å²) in [5, 5.41) is 24.7. The predicted molar refractivity (Wildman–Crippen MR) is 79.8 cm³/mol. The number of alkyl halides is 3. The molecule has 0 atom stereocenters. The molecule has 2 rings (SSSR count). The SMILES string of the molecule is N#Cc1ccnc(N2CCC(CC(=O)O)CC2)c1.O=C(O)C(F)(F)F. The fourth-order valence-electron chi connectivity index (χ4n) is 2.27. The van der Waals surface area contributed by atoms with Crippen LogP contribution in [0.5, 0.6) is 0 Å². The van der Waals surface area contributed by atoms with Crippen LogP contribution in [0, 0.1) is 17.2 Å². The molecule has 1 aromatic rings. The number of nitrogens with zero attached hydrogens (tertiary/aromatic N) is 3. The maximum absolute atomic E-state index is 10.6. The maximum Gasteiger partial charge on any atom is 0.490 e. The summed E-state index contributed by atoms with van der Waals surface area (Å²) in [6.07, 6.45) is -1.47. The molecule has 0 aromatic carbocycles. The largest absolute Gasteiger partial charge is 0.490 e. The summed E-state index contributed by atoms with van der Waals surface area (Å²) in [7, 11) is 0. The van der Waals surface area contributed by atoms with Crippen LogP contribution in [0.25, 0.3) is 0 Å². The Bertz CT molecular complexity index is 650. The number of pyridine rings is 1. The number of anilines is 1. The van der Waals surface area contributed by atoms with E-state index in [1.807, 2.05) is 0 Å². The van der Waals surface area contributed by atoms with Crippen molar-refractivity contribution >= 4 is 17.8 Å². The third-order valence-corrected chi connectivity index (χ3v) is 3.52. The minimum Gasteiger partial charge on any atom is -0.481 e. The summed E-state index contributed by atoms with van der Waals surface area (Å²) < 4.78 is 31.7. The molecule has 0 saturated carbocycles. The van der Waals surface area contributed by atoms with Crippen LogP contribution in [0.2, 0.25) is 0 Å². The van der Waals surface area contributed by atoms with Crippen molar-refractivity contribution in [3.63, 3.8) is 0 Å². The Kier molecular flexibility index (Phi) is 7.17. The molecule has 2 heterocycles. The molecular weight excluding hydrogens is 343 g/mol. The molecule has 7 nitrogen and oxygen atoms in total. The Hall–Kier alpha value is -2.83. The second-order valence-corrected chi connectivity index (χ2v) is 5.35. The zero-order valence-electron chi connectivity index (χ0n) is 13.0. The quantitative estimate of drug-likeness (QED) is 0.851. The lowest BCUT2D eigenvalue weighted by molar-refractivity contribution is -0.192. The number of aliphatic carboxylic acids is 2. The molecule has 25 heavy (non-hydrogen) atoms. The van der Waals surface area contributed by atoms with Crippen molar-refractivity contribution in [2.24, 2.45) is 5.92 Å². The van der Waals surface area contributed by atoms with Gasteiger partial charge in [-0.2, -0.15) is 18.4 Å². The summed E-state index contributed by atoms with van der Waals surface area (Å²) in [5.74, 6) is -2.41. The fourth-order valence-corrected chi connectivity index (χ4v) is 2.27. The van der Waals surface area contributed by atoms with Crippen LogP contribution in [0.15, 0.2) is 18.3 Å². The fraction of sp³-hybridized carbons (Fsp3) is 0.467. The lowest BCUT2D eigenvalue weighted by atomic mass is 9.93. The number of carboxylic acid groups (broad SMARTS) is 2. The number of aromatic nitrogens is 1. The first-order valence-corrected chi connectivity index (χ1v) is 7.26. The molecule has 2 N–H and O–H groups in total. The first-order chi connectivity index (χ1) is 11.6. The van der Waals surface area contributed by atoms with Crippen molar-refractivity contribution in [2.75, 3.05) is 18.0 Å². The van der Waals surface area contributed by atoms with E-state index in [9.17, 15) is 18.0 Å². The van der Waals surface area contributed by atoms with Crippen LogP contribution in [-0.2, 0) is 9.59 Å². The zero-order chi connectivity index (χ0) is 19.0. The van der Waals surface area contributed by atoms with Gasteiger partial charge in [-0.15, -0.1) is 0 Å². The molecule has 1 aromatic heterocycles. The molecular formula is C15H16F3N3O4. The van der Waals surface area contributed by atoms with Crippen LogP contribution >= 0.6 is 0 Å². The molecule has 136 valence electrons. The summed E-state index contributed by atoms with van der Waals surface area (Å²) in [6, 6.07) is 5.55. The van der Waals surface area contributed by atoms with Gasteiger partial charge in [0.05, 0.1) is 11.6 Å². The Morgan fingerprint density at radius 1 is 1.32 bits per heavy atom. The second-order valence-electron chi connectivity index (χ2n) is 5.35. The smallest absolute Gasteiger partial charge is 0.481 e. The van der Waals surface area contributed by atoms with E-state index in [2.05, 4.69) is 16.0 Å². The monoisotopic (exact) mass is 359 g/mol. The van der Waals surface area contributed by atoms with E-state index in [1.165, 1.54) is 0 Å². The van der Waals surface area contributed by atoms with E-state index in [0.29, 0.717) is 5.56 Å². The Balaban J connectivity index is 0.000000381. The lowest BCUT2D eigenvalue weighted by Gasteiger charge is -2.32. The molecule has 0 bridgehead atoms. The average molecular weight is 359 g/mol. The van der Waals surface area contributed by atoms with E-state index in [-0.39, 0.29) is 12.3 Å². The highest BCUT2D eigenvalue weighted by molar-refractivity contribution is 5.73. The van der Waals surface area contributed by atoms with Crippen molar-refractivity contribution in [3.8, 4) is 6.07 Å². The highest BCUT2D eigenvalue weighted by Crippen LogP contribution is 2.24. The zero-order valence-corrected chi connectivity index (χ0v) is 13.0. The number of hydrogen-bond acceptors (Lipinski definition) is 5. The molecule has 0 aliphatic carbocycles. The van der Waals surface area contributed by atoms with Crippen molar-refractivity contribution in [1.82, 2.24) is 4.98 Å².